The van der Waals surface area contributed by atoms with E-state index in [9.17, 15) is 0 Å². The van der Waals surface area contributed by atoms with Gasteiger partial charge in [-0.2, -0.15) is 0 Å². The molecule has 15 heavy (non-hydrogen) atoms. The van der Waals surface area contributed by atoms with E-state index >= 15 is 0 Å². The second-order valence-corrected chi connectivity index (χ2v) is 4.95. The van der Waals surface area contributed by atoms with Crippen molar-refractivity contribution in [1.29, 1.82) is 0 Å². The van der Waals surface area contributed by atoms with Crippen LogP contribution in [0.25, 0.3) is 0 Å². The summed E-state index contributed by atoms with van der Waals surface area (Å²) in [6, 6.07) is 8.68. The molecular weight excluding hydrogens is 184 g/mol. The highest BCUT2D eigenvalue weighted by molar-refractivity contribution is 5.23. The Labute approximate surface area is 93.1 Å². The average Bonchev–Trinajstić information content (AvgIpc) is 2.15. The first-order valence-corrected chi connectivity index (χ1v) is 5.49. The maximum Gasteiger partial charge on any atom is 0.0210 e. The lowest BCUT2D eigenvalue weighted by Gasteiger charge is -2.20. The van der Waals surface area contributed by atoms with E-state index < -0.39 is 0 Å². The molecule has 0 fully saturated rings. The van der Waals surface area contributed by atoms with Crippen LogP contribution in [0, 0.1) is 0 Å². The second-order valence-electron chi connectivity index (χ2n) is 4.95. The van der Waals surface area contributed by atoms with Crippen molar-refractivity contribution in [2.75, 3.05) is 7.05 Å². The molecule has 0 saturated carbocycles. The standard InChI is InChI=1S/C13H22N2/c1-13(2,3)15-10-12-7-5-6-11(8-12)9-14-4/h5-8,14-15H,9-10H2,1-4H3. The van der Waals surface area contributed by atoms with Crippen LogP contribution in [-0.2, 0) is 13.1 Å². The molecule has 2 heteroatoms. The summed E-state index contributed by atoms with van der Waals surface area (Å²) >= 11 is 0. The highest BCUT2D eigenvalue weighted by Gasteiger charge is 2.08. The molecule has 0 spiro atoms. The molecule has 1 aromatic carbocycles. The molecule has 0 aromatic heterocycles. The van der Waals surface area contributed by atoms with E-state index in [1.54, 1.807) is 0 Å². The van der Waals surface area contributed by atoms with Gasteiger partial charge < -0.3 is 10.6 Å². The summed E-state index contributed by atoms with van der Waals surface area (Å²) in [5, 5.41) is 6.65. The minimum absolute atomic E-state index is 0.180. The van der Waals surface area contributed by atoms with Gasteiger partial charge in [0.05, 0.1) is 0 Å². The van der Waals surface area contributed by atoms with Gasteiger partial charge in [-0.3, -0.25) is 0 Å². The van der Waals surface area contributed by atoms with Crippen LogP contribution in [-0.4, -0.2) is 12.6 Å². The molecule has 0 heterocycles. The molecular formula is C13H22N2. The molecule has 0 radical (unpaired) electrons. The quantitative estimate of drug-likeness (QED) is 0.790. The van der Waals surface area contributed by atoms with Crippen molar-refractivity contribution in [2.45, 2.75) is 39.4 Å². The van der Waals surface area contributed by atoms with Gasteiger partial charge in [0.25, 0.3) is 0 Å². The zero-order chi connectivity index (χ0) is 11.3. The Bertz CT molecular complexity index is 300. The van der Waals surface area contributed by atoms with Gasteiger partial charge in [0.15, 0.2) is 0 Å². The third-order valence-corrected chi connectivity index (χ3v) is 2.20. The Morgan fingerprint density at radius 3 is 2.20 bits per heavy atom. The van der Waals surface area contributed by atoms with Crippen molar-refractivity contribution in [1.82, 2.24) is 10.6 Å². The molecule has 0 aliphatic rings. The lowest BCUT2D eigenvalue weighted by Crippen LogP contribution is -2.35. The van der Waals surface area contributed by atoms with Crippen molar-refractivity contribution in [3.05, 3.63) is 35.4 Å². The summed E-state index contributed by atoms with van der Waals surface area (Å²) in [6.45, 7) is 8.42. The van der Waals surface area contributed by atoms with E-state index in [4.69, 9.17) is 0 Å². The molecule has 0 bridgehead atoms. The lowest BCUT2D eigenvalue weighted by molar-refractivity contribution is 0.424. The Morgan fingerprint density at radius 2 is 1.67 bits per heavy atom. The van der Waals surface area contributed by atoms with E-state index in [-0.39, 0.29) is 5.54 Å². The van der Waals surface area contributed by atoms with Crippen molar-refractivity contribution >= 4 is 0 Å². The largest absolute Gasteiger partial charge is 0.316 e. The molecule has 0 saturated heterocycles. The lowest BCUT2D eigenvalue weighted by atomic mass is 10.1. The highest BCUT2D eigenvalue weighted by atomic mass is 14.9. The predicted molar refractivity (Wildman–Crippen MR) is 65.8 cm³/mol. The third-order valence-electron chi connectivity index (χ3n) is 2.20. The van der Waals surface area contributed by atoms with E-state index in [1.807, 2.05) is 7.05 Å². The fraction of sp³-hybridized carbons (Fsp3) is 0.538. The van der Waals surface area contributed by atoms with Crippen LogP contribution < -0.4 is 10.6 Å². The van der Waals surface area contributed by atoms with E-state index in [2.05, 4.69) is 55.7 Å². The van der Waals surface area contributed by atoms with Crippen LogP contribution in [0.15, 0.2) is 24.3 Å². The zero-order valence-corrected chi connectivity index (χ0v) is 10.2. The summed E-state index contributed by atoms with van der Waals surface area (Å²) < 4.78 is 0. The Kier molecular flexibility index (Phi) is 4.30. The van der Waals surface area contributed by atoms with Crippen molar-refractivity contribution in [3.8, 4) is 0 Å². The molecule has 1 rings (SSSR count). The van der Waals surface area contributed by atoms with E-state index in [0.717, 1.165) is 13.1 Å². The monoisotopic (exact) mass is 206 g/mol. The summed E-state index contributed by atoms with van der Waals surface area (Å²) in [6.07, 6.45) is 0. The van der Waals surface area contributed by atoms with Crippen molar-refractivity contribution in [2.24, 2.45) is 0 Å². The molecule has 0 atom stereocenters. The minimum atomic E-state index is 0.180. The number of rotatable bonds is 4. The van der Waals surface area contributed by atoms with E-state index in [1.165, 1.54) is 11.1 Å². The molecule has 2 N–H and O–H groups in total. The number of hydrogen-bond acceptors (Lipinski definition) is 2. The van der Waals surface area contributed by atoms with E-state index in [0.29, 0.717) is 0 Å². The predicted octanol–water partition coefficient (Wildman–Crippen LogP) is 2.29. The minimum Gasteiger partial charge on any atom is -0.316 e. The van der Waals surface area contributed by atoms with Gasteiger partial charge in [0.2, 0.25) is 0 Å². The van der Waals surface area contributed by atoms with Crippen LogP contribution >= 0.6 is 0 Å². The first kappa shape index (κ1) is 12.2. The molecule has 0 unspecified atom stereocenters. The van der Waals surface area contributed by atoms with Gasteiger partial charge in [-0.1, -0.05) is 24.3 Å². The van der Waals surface area contributed by atoms with Crippen LogP contribution in [0.1, 0.15) is 31.9 Å². The second kappa shape index (κ2) is 5.29. The summed E-state index contributed by atoms with van der Waals surface area (Å²) in [7, 11) is 1.97. The molecule has 2 nitrogen and oxygen atoms in total. The van der Waals surface area contributed by atoms with Crippen molar-refractivity contribution in [3.63, 3.8) is 0 Å². The molecule has 0 aliphatic heterocycles. The van der Waals surface area contributed by atoms with Gasteiger partial charge >= 0.3 is 0 Å². The Hall–Kier alpha value is -0.860. The van der Waals surface area contributed by atoms with Crippen molar-refractivity contribution < 1.29 is 0 Å². The number of benzene rings is 1. The SMILES string of the molecule is CNCc1cccc(CNC(C)(C)C)c1. The van der Waals surface area contributed by atoms with Gasteiger partial charge in [0, 0.05) is 18.6 Å². The summed E-state index contributed by atoms with van der Waals surface area (Å²) in [4.78, 5) is 0. The third kappa shape index (κ3) is 4.96. The van der Waals surface area contributed by atoms with Gasteiger partial charge in [-0.05, 0) is 38.9 Å². The van der Waals surface area contributed by atoms with Gasteiger partial charge in [-0.15, -0.1) is 0 Å². The average molecular weight is 206 g/mol. The summed E-state index contributed by atoms with van der Waals surface area (Å²) in [5.74, 6) is 0. The van der Waals surface area contributed by atoms with Gasteiger partial charge in [0.1, 0.15) is 0 Å². The zero-order valence-electron chi connectivity index (χ0n) is 10.2. The Morgan fingerprint density at radius 1 is 1.07 bits per heavy atom. The smallest absolute Gasteiger partial charge is 0.0210 e. The molecule has 84 valence electrons. The molecule has 1 aromatic rings. The normalized spacial score (nSPS) is 11.7. The van der Waals surface area contributed by atoms with Crippen LogP contribution in [0.5, 0.6) is 0 Å². The summed E-state index contributed by atoms with van der Waals surface area (Å²) in [5.41, 5.74) is 2.86. The van der Waals surface area contributed by atoms with Crippen LogP contribution in [0.2, 0.25) is 0 Å². The maximum absolute atomic E-state index is 3.49. The fourth-order valence-electron chi connectivity index (χ4n) is 1.42. The first-order valence-electron chi connectivity index (χ1n) is 5.49. The van der Waals surface area contributed by atoms with Gasteiger partial charge in [-0.25, -0.2) is 0 Å². The topological polar surface area (TPSA) is 24.1 Å². The number of hydrogen-bond donors (Lipinski definition) is 2. The Balaban J connectivity index is 2.57. The van der Waals surface area contributed by atoms with Crippen LogP contribution in [0.3, 0.4) is 0 Å². The fourth-order valence-corrected chi connectivity index (χ4v) is 1.42. The number of nitrogens with one attached hydrogen (secondary N) is 2. The maximum atomic E-state index is 3.49. The molecule has 0 aliphatic carbocycles. The molecule has 0 amide bonds. The first-order chi connectivity index (χ1) is 7.01. The van der Waals surface area contributed by atoms with Crippen LogP contribution in [0.4, 0.5) is 0 Å². The highest BCUT2D eigenvalue weighted by Crippen LogP contribution is 2.07.